The minimum absolute atomic E-state index is 0.0715. The zero-order valence-corrected chi connectivity index (χ0v) is 16.2. The third-order valence-corrected chi connectivity index (χ3v) is 7.05. The number of anilines is 1. The minimum Gasteiger partial charge on any atom is -0.384 e. The van der Waals surface area contributed by atoms with E-state index >= 15 is 0 Å². The van der Waals surface area contributed by atoms with Crippen molar-refractivity contribution < 1.29 is 18.1 Å². The van der Waals surface area contributed by atoms with E-state index < -0.39 is 14.9 Å². The van der Waals surface area contributed by atoms with E-state index in [1.165, 1.54) is 16.4 Å². The highest BCUT2D eigenvalue weighted by Crippen LogP contribution is 2.30. The van der Waals surface area contributed by atoms with Crippen molar-refractivity contribution in [1.29, 1.82) is 0 Å². The highest BCUT2D eigenvalue weighted by Gasteiger charge is 2.32. The number of hydrogen-bond acceptors (Lipinski definition) is 8. The van der Waals surface area contributed by atoms with E-state index in [-0.39, 0.29) is 41.7 Å². The normalized spacial score (nSPS) is 26.8. The van der Waals surface area contributed by atoms with Gasteiger partial charge in [0.15, 0.2) is 0 Å². The lowest BCUT2D eigenvalue weighted by Crippen LogP contribution is -2.41. The lowest BCUT2D eigenvalue weighted by molar-refractivity contribution is -0.385. The van der Waals surface area contributed by atoms with Crippen molar-refractivity contribution in [1.82, 2.24) is 15.2 Å². The van der Waals surface area contributed by atoms with Crippen LogP contribution in [0, 0.1) is 16.0 Å². The van der Waals surface area contributed by atoms with Gasteiger partial charge in [0, 0.05) is 49.8 Å². The van der Waals surface area contributed by atoms with E-state index in [0.29, 0.717) is 25.4 Å². The standard InChI is InChI=1S/C16H25N5O5S/c1-11-14(12(2)19-18-11)10-17-15-4-3-13(21(22)23)9-16(15)27(24,25)20-5-7-26-8-6-20/h3-4,9,11-12,14,17-19H,5-8,10H2,1-2H3. The second-order valence-corrected chi connectivity index (χ2v) is 8.77. The third-order valence-electron chi connectivity index (χ3n) is 5.12. The molecule has 3 N–H and O–H groups in total. The van der Waals surface area contributed by atoms with Gasteiger partial charge in [0.2, 0.25) is 10.0 Å². The molecule has 2 fully saturated rings. The van der Waals surface area contributed by atoms with Crippen molar-refractivity contribution in [3.8, 4) is 0 Å². The molecular weight excluding hydrogens is 374 g/mol. The number of benzene rings is 1. The van der Waals surface area contributed by atoms with Crippen molar-refractivity contribution in [2.75, 3.05) is 38.2 Å². The van der Waals surface area contributed by atoms with Crippen LogP contribution >= 0.6 is 0 Å². The average Bonchev–Trinajstić information content (AvgIpc) is 2.98. The Hall–Kier alpha value is -1.79. The maximum atomic E-state index is 13.1. The van der Waals surface area contributed by atoms with Crippen molar-refractivity contribution in [2.45, 2.75) is 30.8 Å². The summed E-state index contributed by atoms with van der Waals surface area (Å²) in [5, 5.41) is 14.3. The fourth-order valence-corrected chi connectivity index (χ4v) is 5.00. The maximum Gasteiger partial charge on any atom is 0.270 e. The Morgan fingerprint density at radius 2 is 1.89 bits per heavy atom. The Morgan fingerprint density at radius 3 is 2.48 bits per heavy atom. The SMILES string of the molecule is CC1NNC(C)C1CNc1ccc([N+](=O)[O-])cc1S(=O)(=O)N1CCOCC1. The largest absolute Gasteiger partial charge is 0.384 e. The van der Waals surface area contributed by atoms with Crippen LogP contribution in [0.2, 0.25) is 0 Å². The molecule has 2 aliphatic heterocycles. The van der Waals surface area contributed by atoms with Crippen LogP contribution in [-0.2, 0) is 14.8 Å². The molecule has 0 radical (unpaired) electrons. The summed E-state index contributed by atoms with van der Waals surface area (Å²) >= 11 is 0. The third kappa shape index (κ3) is 4.22. The van der Waals surface area contributed by atoms with Gasteiger partial charge >= 0.3 is 0 Å². The molecule has 0 bridgehead atoms. The number of hydrogen-bond donors (Lipinski definition) is 3. The summed E-state index contributed by atoms with van der Waals surface area (Å²) in [6.45, 7) is 5.71. The molecule has 2 saturated heterocycles. The second-order valence-electron chi connectivity index (χ2n) is 6.86. The van der Waals surface area contributed by atoms with Gasteiger partial charge in [-0.2, -0.15) is 4.31 Å². The van der Waals surface area contributed by atoms with Gasteiger partial charge in [-0.1, -0.05) is 0 Å². The Bertz CT molecular complexity index is 786. The molecule has 0 aliphatic carbocycles. The zero-order chi connectivity index (χ0) is 19.6. The number of ether oxygens (including phenoxy) is 1. The van der Waals surface area contributed by atoms with Gasteiger partial charge in [0.1, 0.15) is 4.90 Å². The molecule has 0 amide bonds. The van der Waals surface area contributed by atoms with Gasteiger partial charge in [-0.05, 0) is 19.9 Å². The molecule has 2 atom stereocenters. The number of nitro groups is 1. The first-order valence-electron chi connectivity index (χ1n) is 8.92. The number of non-ortho nitro benzene ring substituents is 1. The molecule has 11 heteroatoms. The highest BCUT2D eigenvalue weighted by molar-refractivity contribution is 7.89. The summed E-state index contributed by atoms with van der Waals surface area (Å²) in [5.41, 5.74) is 6.43. The summed E-state index contributed by atoms with van der Waals surface area (Å²) in [7, 11) is -3.87. The molecule has 0 spiro atoms. The Labute approximate surface area is 158 Å². The zero-order valence-electron chi connectivity index (χ0n) is 15.3. The first kappa shape index (κ1) is 20.0. The predicted molar refractivity (Wildman–Crippen MR) is 99.8 cm³/mol. The molecule has 150 valence electrons. The van der Waals surface area contributed by atoms with Crippen LogP contribution in [0.15, 0.2) is 23.1 Å². The van der Waals surface area contributed by atoms with Crippen LogP contribution in [0.4, 0.5) is 11.4 Å². The number of nitrogens with zero attached hydrogens (tertiary/aromatic N) is 2. The lowest BCUT2D eigenvalue weighted by Gasteiger charge is -2.27. The van der Waals surface area contributed by atoms with Gasteiger partial charge in [0.05, 0.1) is 23.8 Å². The van der Waals surface area contributed by atoms with Gasteiger partial charge < -0.3 is 10.1 Å². The number of morpholine rings is 1. The van der Waals surface area contributed by atoms with Crippen LogP contribution in [0.1, 0.15) is 13.8 Å². The van der Waals surface area contributed by atoms with Crippen molar-refractivity contribution in [3.63, 3.8) is 0 Å². The Morgan fingerprint density at radius 1 is 1.26 bits per heavy atom. The van der Waals surface area contributed by atoms with Gasteiger partial charge in [0.25, 0.3) is 5.69 Å². The number of nitro benzene ring substituents is 1. The number of hydrazine groups is 1. The molecular formula is C16H25N5O5S. The molecule has 2 unspecified atom stereocenters. The topological polar surface area (TPSA) is 126 Å². The minimum atomic E-state index is -3.87. The van der Waals surface area contributed by atoms with Crippen molar-refractivity contribution in [2.24, 2.45) is 5.92 Å². The summed E-state index contributed by atoms with van der Waals surface area (Å²) in [6, 6.07) is 4.34. The van der Waals surface area contributed by atoms with Crippen molar-refractivity contribution in [3.05, 3.63) is 28.3 Å². The predicted octanol–water partition coefficient (Wildman–Crippen LogP) is 0.529. The summed E-state index contributed by atoms with van der Waals surface area (Å²) in [5.74, 6) is 0.235. The van der Waals surface area contributed by atoms with E-state index in [2.05, 4.69) is 16.2 Å². The Balaban J connectivity index is 1.90. The molecule has 27 heavy (non-hydrogen) atoms. The molecule has 1 aromatic rings. The quantitative estimate of drug-likeness (QED) is 0.467. The molecule has 0 aromatic heterocycles. The second kappa shape index (κ2) is 8.07. The Kier molecular flexibility index (Phi) is 5.96. The molecule has 2 aliphatic rings. The van der Waals surface area contributed by atoms with Crippen LogP contribution in [0.25, 0.3) is 0 Å². The van der Waals surface area contributed by atoms with E-state index in [4.69, 9.17) is 4.74 Å². The van der Waals surface area contributed by atoms with Crippen molar-refractivity contribution >= 4 is 21.4 Å². The summed E-state index contributed by atoms with van der Waals surface area (Å²) < 4.78 is 32.7. The van der Waals surface area contributed by atoms with Crippen LogP contribution in [-0.4, -0.2) is 62.6 Å². The fraction of sp³-hybridized carbons (Fsp3) is 0.625. The molecule has 0 saturated carbocycles. The molecule has 1 aromatic carbocycles. The van der Waals surface area contributed by atoms with E-state index in [0.717, 1.165) is 6.07 Å². The van der Waals surface area contributed by atoms with Crippen LogP contribution in [0.3, 0.4) is 0 Å². The van der Waals surface area contributed by atoms with Crippen LogP contribution < -0.4 is 16.2 Å². The maximum absolute atomic E-state index is 13.1. The summed E-state index contributed by atoms with van der Waals surface area (Å²) in [6.07, 6.45) is 0. The van der Waals surface area contributed by atoms with E-state index in [9.17, 15) is 18.5 Å². The first-order valence-corrected chi connectivity index (χ1v) is 10.4. The first-order chi connectivity index (χ1) is 12.8. The lowest BCUT2D eigenvalue weighted by atomic mass is 9.96. The number of rotatable bonds is 6. The average molecular weight is 399 g/mol. The number of nitrogens with one attached hydrogen (secondary N) is 3. The fourth-order valence-electron chi connectivity index (χ4n) is 3.40. The van der Waals surface area contributed by atoms with Gasteiger partial charge in [-0.3, -0.25) is 21.0 Å². The molecule has 3 rings (SSSR count). The smallest absolute Gasteiger partial charge is 0.270 e. The van der Waals surface area contributed by atoms with Gasteiger partial charge in [-0.25, -0.2) is 8.42 Å². The molecule has 10 nitrogen and oxygen atoms in total. The van der Waals surface area contributed by atoms with Gasteiger partial charge in [-0.15, -0.1) is 0 Å². The summed E-state index contributed by atoms with van der Waals surface area (Å²) in [4.78, 5) is 10.5. The highest BCUT2D eigenvalue weighted by atomic mass is 32.2. The molecule has 2 heterocycles. The van der Waals surface area contributed by atoms with E-state index in [1.807, 2.05) is 13.8 Å². The monoisotopic (exact) mass is 399 g/mol. The number of sulfonamides is 1. The van der Waals surface area contributed by atoms with Crippen LogP contribution in [0.5, 0.6) is 0 Å². The van der Waals surface area contributed by atoms with E-state index in [1.54, 1.807) is 0 Å².